The van der Waals surface area contributed by atoms with E-state index in [0.29, 0.717) is 22.8 Å². The Morgan fingerprint density at radius 3 is 2.09 bits per heavy atom. The SMILES string of the molecule is COC1=CC(=O)O[C@H]1[C@H](O)c1cc(OC)c(OC)c(OC)c1. The Balaban J connectivity index is 2.40. The summed E-state index contributed by atoms with van der Waals surface area (Å²) in [5.41, 5.74) is 0.442. The lowest BCUT2D eigenvalue weighted by Crippen LogP contribution is -2.22. The number of cyclic esters (lactones) is 1. The molecule has 1 aromatic carbocycles. The minimum Gasteiger partial charge on any atom is -0.497 e. The number of rotatable bonds is 6. The maximum atomic E-state index is 11.3. The van der Waals surface area contributed by atoms with Gasteiger partial charge in [-0.1, -0.05) is 0 Å². The zero-order valence-electron chi connectivity index (χ0n) is 12.8. The Labute approximate surface area is 128 Å². The van der Waals surface area contributed by atoms with E-state index in [4.69, 9.17) is 23.7 Å². The summed E-state index contributed by atoms with van der Waals surface area (Å²) >= 11 is 0. The molecule has 120 valence electrons. The molecule has 1 aliphatic rings. The van der Waals surface area contributed by atoms with E-state index in [2.05, 4.69) is 0 Å². The highest BCUT2D eigenvalue weighted by atomic mass is 16.6. The number of hydrogen-bond donors (Lipinski definition) is 1. The van der Waals surface area contributed by atoms with Crippen molar-refractivity contribution in [1.29, 1.82) is 0 Å². The topological polar surface area (TPSA) is 83.5 Å². The van der Waals surface area contributed by atoms with Crippen molar-refractivity contribution in [1.82, 2.24) is 0 Å². The van der Waals surface area contributed by atoms with Gasteiger partial charge in [-0.05, 0) is 17.7 Å². The van der Waals surface area contributed by atoms with Crippen LogP contribution in [0.25, 0.3) is 0 Å². The van der Waals surface area contributed by atoms with Gasteiger partial charge in [-0.25, -0.2) is 4.79 Å². The number of hydrogen-bond acceptors (Lipinski definition) is 7. The van der Waals surface area contributed by atoms with Crippen LogP contribution in [0.4, 0.5) is 0 Å². The van der Waals surface area contributed by atoms with Crippen LogP contribution >= 0.6 is 0 Å². The van der Waals surface area contributed by atoms with E-state index in [1.807, 2.05) is 0 Å². The molecule has 1 aromatic rings. The van der Waals surface area contributed by atoms with E-state index >= 15 is 0 Å². The van der Waals surface area contributed by atoms with Crippen LogP contribution in [0.2, 0.25) is 0 Å². The lowest BCUT2D eigenvalue weighted by molar-refractivity contribution is -0.144. The molecular formula is C15H18O7. The molecule has 0 saturated carbocycles. The molecule has 2 atom stereocenters. The molecule has 1 N–H and O–H groups in total. The van der Waals surface area contributed by atoms with Gasteiger partial charge in [-0.3, -0.25) is 0 Å². The van der Waals surface area contributed by atoms with Gasteiger partial charge in [-0.15, -0.1) is 0 Å². The third-order valence-electron chi connectivity index (χ3n) is 3.33. The Bertz CT molecular complexity index is 569. The van der Waals surface area contributed by atoms with Crippen molar-refractivity contribution in [3.63, 3.8) is 0 Å². The van der Waals surface area contributed by atoms with Crippen LogP contribution in [0, 0.1) is 0 Å². The monoisotopic (exact) mass is 310 g/mol. The molecule has 0 aliphatic carbocycles. The van der Waals surface area contributed by atoms with Crippen molar-refractivity contribution in [3.8, 4) is 17.2 Å². The van der Waals surface area contributed by atoms with Gasteiger partial charge in [0.05, 0.1) is 34.5 Å². The average molecular weight is 310 g/mol. The molecule has 0 radical (unpaired) electrons. The molecule has 0 amide bonds. The summed E-state index contributed by atoms with van der Waals surface area (Å²) < 4.78 is 25.8. The number of carbonyl (C=O) groups is 1. The van der Waals surface area contributed by atoms with E-state index in [9.17, 15) is 9.90 Å². The molecule has 7 nitrogen and oxygen atoms in total. The van der Waals surface area contributed by atoms with Gasteiger partial charge < -0.3 is 28.8 Å². The van der Waals surface area contributed by atoms with E-state index in [-0.39, 0.29) is 5.76 Å². The summed E-state index contributed by atoms with van der Waals surface area (Å²) in [6.07, 6.45) is -0.849. The fraction of sp³-hybridized carbons (Fsp3) is 0.400. The smallest absolute Gasteiger partial charge is 0.335 e. The fourth-order valence-electron chi connectivity index (χ4n) is 2.26. The maximum Gasteiger partial charge on any atom is 0.335 e. The van der Waals surface area contributed by atoms with Crippen molar-refractivity contribution in [2.24, 2.45) is 0 Å². The Morgan fingerprint density at radius 2 is 1.64 bits per heavy atom. The highest BCUT2D eigenvalue weighted by Crippen LogP contribution is 2.41. The summed E-state index contributed by atoms with van der Waals surface area (Å²) in [4.78, 5) is 11.3. The third-order valence-corrected chi connectivity index (χ3v) is 3.33. The third kappa shape index (κ3) is 2.80. The van der Waals surface area contributed by atoms with Crippen molar-refractivity contribution in [2.45, 2.75) is 12.2 Å². The van der Waals surface area contributed by atoms with Crippen LogP contribution in [0.15, 0.2) is 24.0 Å². The van der Waals surface area contributed by atoms with E-state index in [1.54, 1.807) is 12.1 Å². The van der Waals surface area contributed by atoms with Crippen LogP contribution in [0.3, 0.4) is 0 Å². The van der Waals surface area contributed by atoms with Crippen LogP contribution in [-0.2, 0) is 14.3 Å². The van der Waals surface area contributed by atoms with Gasteiger partial charge in [0.15, 0.2) is 17.6 Å². The molecule has 0 aromatic heterocycles. The molecule has 7 heteroatoms. The second-order valence-corrected chi connectivity index (χ2v) is 4.51. The standard InChI is InChI=1S/C15H18O7/c1-18-9-5-8(6-10(19-2)14(9)21-4)13(17)15-11(20-3)7-12(16)22-15/h5-7,13,15,17H,1-4H3/t13-,15-/m1/s1. The van der Waals surface area contributed by atoms with Crippen LogP contribution < -0.4 is 14.2 Å². The van der Waals surface area contributed by atoms with Crippen LogP contribution in [0.5, 0.6) is 17.2 Å². The summed E-state index contributed by atoms with van der Waals surface area (Å²) in [7, 11) is 5.84. The Hall–Kier alpha value is -2.41. The zero-order chi connectivity index (χ0) is 16.3. The number of methoxy groups -OCH3 is 4. The largest absolute Gasteiger partial charge is 0.497 e. The molecule has 2 rings (SSSR count). The number of aliphatic hydroxyl groups is 1. The predicted octanol–water partition coefficient (Wildman–Crippen LogP) is 1.20. The molecule has 1 heterocycles. The highest BCUT2D eigenvalue weighted by molar-refractivity contribution is 5.85. The number of carbonyl (C=O) groups excluding carboxylic acids is 1. The number of benzene rings is 1. The fourth-order valence-corrected chi connectivity index (χ4v) is 2.26. The van der Waals surface area contributed by atoms with Gasteiger partial charge in [-0.2, -0.15) is 0 Å². The van der Waals surface area contributed by atoms with Crippen molar-refractivity contribution in [3.05, 3.63) is 29.5 Å². The van der Waals surface area contributed by atoms with Gasteiger partial charge in [0, 0.05) is 0 Å². The zero-order valence-corrected chi connectivity index (χ0v) is 12.8. The molecule has 0 spiro atoms. The minimum absolute atomic E-state index is 0.256. The molecule has 0 bridgehead atoms. The molecule has 22 heavy (non-hydrogen) atoms. The van der Waals surface area contributed by atoms with Crippen molar-refractivity contribution < 1.29 is 33.6 Å². The first-order valence-corrected chi connectivity index (χ1v) is 6.49. The number of ether oxygens (including phenoxy) is 5. The van der Waals surface area contributed by atoms with E-state index in [0.717, 1.165) is 0 Å². The van der Waals surface area contributed by atoms with Crippen LogP contribution in [0.1, 0.15) is 11.7 Å². The van der Waals surface area contributed by atoms with E-state index < -0.39 is 18.2 Å². The van der Waals surface area contributed by atoms with Gasteiger partial charge >= 0.3 is 5.97 Å². The highest BCUT2D eigenvalue weighted by Gasteiger charge is 2.35. The molecule has 0 fully saturated rings. The van der Waals surface area contributed by atoms with Gasteiger partial charge in [0.25, 0.3) is 0 Å². The Morgan fingerprint density at radius 1 is 1.05 bits per heavy atom. The van der Waals surface area contributed by atoms with Crippen molar-refractivity contribution in [2.75, 3.05) is 28.4 Å². The molecular weight excluding hydrogens is 292 g/mol. The summed E-state index contributed by atoms with van der Waals surface area (Å²) in [5.74, 6) is 0.887. The molecule has 0 saturated heterocycles. The lowest BCUT2D eigenvalue weighted by Gasteiger charge is -2.22. The second kappa shape index (κ2) is 6.57. The molecule has 0 unspecified atom stereocenters. The quantitative estimate of drug-likeness (QED) is 0.790. The van der Waals surface area contributed by atoms with Gasteiger partial charge in [0.2, 0.25) is 5.75 Å². The predicted molar refractivity (Wildman–Crippen MR) is 76.0 cm³/mol. The first-order valence-electron chi connectivity index (χ1n) is 6.49. The summed E-state index contributed by atoms with van der Waals surface area (Å²) in [6.45, 7) is 0. The number of aliphatic hydroxyl groups excluding tert-OH is 1. The van der Waals surface area contributed by atoms with Crippen LogP contribution in [-0.4, -0.2) is 45.6 Å². The summed E-state index contributed by atoms with van der Waals surface area (Å²) in [6, 6.07) is 3.18. The first kappa shape index (κ1) is 16.0. The lowest BCUT2D eigenvalue weighted by atomic mass is 10.0. The normalized spacial score (nSPS) is 18.3. The Kier molecular flexibility index (Phi) is 4.77. The molecule has 1 aliphatic heterocycles. The minimum atomic E-state index is -1.13. The summed E-state index contributed by atoms with van der Waals surface area (Å²) in [5, 5.41) is 10.5. The second-order valence-electron chi connectivity index (χ2n) is 4.51. The van der Waals surface area contributed by atoms with Gasteiger partial charge in [0.1, 0.15) is 11.9 Å². The maximum absolute atomic E-state index is 11.3. The van der Waals surface area contributed by atoms with E-state index in [1.165, 1.54) is 34.5 Å². The first-order chi connectivity index (χ1) is 10.5. The number of esters is 1. The van der Waals surface area contributed by atoms with Crippen molar-refractivity contribution >= 4 is 5.97 Å². The average Bonchev–Trinajstić information content (AvgIpc) is 2.93.